The van der Waals surface area contributed by atoms with Gasteiger partial charge in [-0.25, -0.2) is 4.98 Å². The molecule has 1 aromatic heterocycles. The van der Waals surface area contributed by atoms with Crippen LogP contribution < -0.4 is 11.1 Å². The number of nitrogen functional groups attached to an aromatic ring is 1. The Bertz CT molecular complexity index is 514. The van der Waals surface area contributed by atoms with E-state index >= 15 is 0 Å². The molecule has 0 amide bonds. The Labute approximate surface area is 94.9 Å². The van der Waals surface area contributed by atoms with Gasteiger partial charge >= 0.3 is 0 Å². The second kappa shape index (κ2) is 3.63. The number of hydrogen-bond acceptors (Lipinski definition) is 4. The Balaban J connectivity index is 2.59. The van der Waals surface area contributed by atoms with Crippen molar-refractivity contribution in [3.8, 4) is 0 Å². The second-order valence-corrected chi connectivity index (χ2v) is 4.82. The molecular formula is C12H16N4. The van der Waals surface area contributed by atoms with Crippen LogP contribution in [-0.4, -0.2) is 15.5 Å². The molecule has 2 aromatic rings. The first-order chi connectivity index (χ1) is 7.46. The van der Waals surface area contributed by atoms with E-state index in [0.29, 0.717) is 5.95 Å². The Kier molecular flexibility index (Phi) is 2.42. The predicted molar refractivity (Wildman–Crippen MR) is 67.3 cm³/mol. The molecule has 16 heavy (non-hydrogen) atoms. The fraction of sp³-hybridized carbons (Fsp3) is 0.333. The van der Waals surface area contributed by atoms with Crippen LogP contribution in [-0.2, 0) is 0 Å². The number of nitrogens with zero attached hydrogens (tertiary/aromatic N) is 2. The molecule has 0 aliphatic carbocycles. The summed E-state index contributed by atoms with van der Waals surface area (Å²) in [6.45, 7) is 6.25. The Hall–Kier alpha value is -1.84. The Morgan fingerprint density at radius 2 is 1.81 bits per heavy atom. The molecule has 4 nitrogen and oxygen atoms in total. The summed E-state index contributed by atoms with van der Waals surface area (Å²) >= 11 is 0. The van der Waals surface area contributed by atoms with Gasteiger partial charge in [0.05, 0.1) is 5.52 Å². The van der Waals surface area contributed by atoms with Gasteiger partial charge in [-0.3, -0.25) is 0 Å². The monoisotopic (exact) mass is 216 g/mol. The lowest BCUT2D eigenvalue weighted by Crippen LogP contribution is -2.27. The van der Waals surface area contributed by atoms with Crippen molar-refractivity contribution in [1.82, 2.24) is 9.97 Å². The summed E-state index contributed by atoms with van der Waals surface area (Å²) in [7, 11) is 0. The third-order valence-corrected chi connectivity index (χ3v) is 2.11. The summed E-state index contributed by atoms with van der Waals surface area (Å²) in [6.07, 6.45) is 0. The molecule has 0 bridgehead atoms. The van der Waals surface area contributed by atoms with Gasteiger partial charge in [0.1, 0.15) is 5.82 Å². The summed E-state index contributed by atoms with van der Waals surface area (Å²) in [4.78, 5) is 8.44. The molecule has 0 saturated heterocycles. The minimum atomic E-state index is -0.0520. The minimum Gasteiger partial charge on any atom is -0.368 e. The Morgan fingerprint density at radius 1 is 1.12 bits per heavy atom. The number of benzene rings is 1. The quantitative estimate of drug-likeness (QED) is 0.768. The summed E-state index contributed by atoms with van der Waals surface area (Å²) in [5, 5.41) is 4.33. The normalized spacial score (nSPS) is 11.7. The molecule has 3 N–H and O–H groups in total. The molecule has 0 fully saturated rings. The van der Waals surface area contributed by atoms with Gasteiger partial charge in [0.2, 0.25) is 5.95 Å². The van der Waals surface area contributed by atoms with Gasteiger partial charge in [-0.15, -0.1) is 0 Å². The van der Waals surface area contributed by atoms with E-state index in [-0.39, 0.29) is 5.54 Å². The van der Waals surface area contributed by atoms with Crippen LogP contribution in [0.4, 0.5) is 11.8 Å². The van der Waals surface area contributed by atoms with E-state index in [0.717, 1.165) is 16.7 Å². The number of aromatic nitrogens is 2. The number of nitrogens with two attached hydrogens (primary N) is 1. The van der Waals surface area contributed by atoms with Crippen LogP contribution in [0.25, 0.3) is 10.9 Å². The highest BCUT2D eigenvalue weighted by Crippen LogP contribution is 2.23. The minimum absolute atomic E-state index is 0.0520. The molecule has 0 radical (unpaired) electrons. The van der Waals surface area contributed by atoms with Crippen LogP contribution in [0.5, 0.6) is 0 Å². The zero-order chi connectivity index (χ0) is 11.8. The topological polar surface area (TPSA) is 63.8 Å². The number of nitrogens with one attached hydrogen (secondary N) is 1. The van der Waals surface area contributed by atoms with Crippen molar-refractivity contribution >= 4 is 22.7 Å². The van der Waals surface area contributed by atoms with Crippen molar-refractivity contribution in [2.24, 2.45) is 0 Å². The third-order valence-electron chi connectivity index (χ3n) is 2.11. The highest BCUT2D eigenvalue weighted by atomic mass is 15.1. The first-order valence-electron chi connectivity index (χ1n) is 5.26. The van der Waals surface area contributed by atoms with Crippen LogP contribution in [0.1, 0.15) is 20.8 Å². The van der Waals surface area contributed by atoms with Crippen molar-refractivity contribution in [3.05, 3.63) is 24.3 Å². The molecular weight excluding hydrogens is 200 g/mol. The van der Waals surface area contributed by atoms with E-state index in [4.69, 9.17) is 5.73 Å². The van der Waals surface area contributed by atoms with Crippen molar-refractivity contribution in [1.29, 1.82) is 0 Å². The van der Waals surface area contributed by atoms with E-state index < -0.39 is 0 Å². The van der Waals surface area contributed by atoms with Crippen molar-refractivity contribution < 1.29 is 0 Å². The van der Waals surface area contributed by atoms with Crippen molar-refractivity contribution in [3.63, 3.8) is 0 Å². The maximum atomic E-state index is 5.68. The van der Waals surface area contributed by atoms with E-state index in [1.807, 2.05) is 24.3 Å². The zero-order valence-corrected chi connectivity index (χ0v) is 9.78. The first kappa shape index (κ1) is 10.7. The summed E-state index contributed by atoms with van der Waals surface area (Å²) in [5.41, 5.74) is 6.49. The van der Waals surface area contributed by atoms with Gasteiger partial charge in [0.15, 0.2) is 0 Å². The molecule has 1 aromatic carbocycles. The van der Waals surface area contributed by atoms with Crippen molar-refractivity contribution in [2.75, 3.05) is 11.1 Å². The molecule has 0 spiro atoms. The number of anilines is 2. The highest BCUT2D eigenvalue weighted by molar-refractivity contribution is 5.90. The molecule has 0 aliphatic rings. The number of rotatable bonds is 1. The van der Waals surface area contributed by atoms with Crippen LogP contribution >= 0.6 is 0 Å². The SMILES string of the molecule is CC(C)(C)Nc1nc(N)nc2ccccc12. The van der Waals surface area contributed by atoms with E-state index in [1.54, 1.807) is 0 Å². The molecule has 0 saturated carbocycles. The summed E-state index contributed by atoms with van der Waals surface area (Å²) in [5.74, 6) is 1.08. The largest absolute Gasteiger partial charge is 0.368 e. The lowest BCUT2D eigenvalue weighted by atomic mass is 10.1. The fourth-order valence-electron chi connectivity index (χ4n) is 1.55. The predicted octanol–water partition coefficient (Wildman–Crippen LogP) is 2.42. The summed E-state index contributed by atoms with van der Waals surface area (Å²) < 4.78 is 0. The standard InChI is InChI=1S/C12H16N4/c1-12(2,3)16-10-8-6-4-5-7-9(8)14-11(13)15-10/h4-7H,1-3H3,(H3,13,14,15,16). The average molecular weight is 216 g/mol. The highest BCUT2D eigenvalue weighted by Gasteiger charge is 2.13. The number of para-hydroxylation sites is 1. The average Bonchev–Trinajstić information content (AvgIpc) is 2.14. The van der Waals surface area contributed by atoms with Gasteiger partial charge in [0.25, 0.3) is 0 Å². The van der Waals surface area contributed by atoms with Gasteiger partial charge < -0.3 is 11.1 Å². The van der Waals surface area contributed by atoms with E-state index in [1.165, 1.54) is 0 Å². The molecule has 0 aliphatic heterocycles. The van der Waals surface area contributed by atoms with Gasteiger partial charge in [-0.1, -0.05) is 12.1 Å². The maximum Gasteiger partial charge on any atom is 0.222 e. The van der Waals surface area contributed by atoms with Crippen molar-refractivity contribution in [2.45, 2.75) is 26.3 Å². The van der Waals surface area contributed by atoms with Gasteiger partial charge in [-0.2, -0.15) is 4.98 Å². The molecule has 2 rings (SSSR count). The van der Waals surface area contributed by atoms with E-state index in [2.05, 4.69) is 36.1 Å². The number of hydrogen-bond donors (Lipinski definition) is 2. The van der Waals surface area contributed by atoms with Crippen LogP contribution in [0.3, 0.4) is 0 Å². The molecule has 0 atom stereocenters. The maximum absolute atomic E-state index is 5.68. The fourth-order valence-corrected chi connectivity index (χ4v) is 1.55. The lowest BCUT2D eigenvalue weighted by molar-refractivity contribution is 0.631. The molecule has 1 heterocycles. The smallest absolute Gasteiger partial charge is 0.222 e. The zero-order valence-electron chi connectivity index (χ0n) is 9.78. The van der Waals surface area contributed by atoms with Gasteiger partial charge in [-0.05, 0) is 32.9 Å². The second-order valence-electron chi connectivity index (χ2n) is 4.82. The summed E-state index contributed by atoms with van der Waals surface area (Å²) in [6, 6.07) is 7.83. The number of fused-ring (bicyclic) bond motifs is 1. The van der Waals surface area contributed by atoms with E-state index in [9.17, 15) is 0 Å². The first-order valence-corrected chi connectivity index (χ1v) is 5.26. The molecule has 84 valence electrons. The van der Waals surface area contributed by atoms with Crippen LogP contribution in [0.15, 0.2) is 24.3 Å². The van der Waals surface area contributed by atoms with Crippen LogP contribution in [0, 0.1) is 0 Å². The van der Waals surface area contributed by atoms with Crippen LogP contribution in [0.2, 0.25) is 0 Å². The lowest BCUT2D eigenvalue weighted by Gasteiger charge is -2.22. The molecule has 4 heteroatoms. The van der Waals surface area contributed by atoms with Gasteiger partial charge in [0, 0.05) is 10.9 Å². The molecule has 0 unspecified atom stereocenters. The third kappa shape index (κ3) is 2.21. The Morgan fingerprint density at radius 3 is 2.50 bits per heavy atom.